The Hall–Kier alpha value is -4.11. The normalized spacial score (nSPS) is 11.2. The topological polar surface area (TPSA) is 82.4 Å². The number of anilines is 1. The van der Waals surface area contributed by atoms with Gasteiger partial charge in [0.25, 0.3) is 0 Å². The average molecular weight is 430 g/mol. The van der Waals surface area contributed by atoms with Gasteiger partial charge in [0.1, 0.15) is 18.2 Å². The Morgan fingerprint density at radius 2 is 1.81 bits per heavy atom. The van der Waals surface area contributed by atoms with Crippen LogP contribution in [0.3, 0.4) is 0 Å². The summed E-state index contributed by atoms with van der Waals surface area (Å²) in [6.45, 7) is 0.816. The van der Waals surface area contributed by atoms with Gasteiger partial charge in [0.15, 0.2) is 0 Å². The molecule has 3 aromatic carbocycles. The van der Waals surface area contributed by atoms with E-state index in [0.29, 0.717) is 18.9 Å². The van der Waals surface area contributed by atoms with Gasteiger partial charge in [-0.3, -0.25) is 4.79 Å². The summed E-state index contributed by atoms with van der Waals surface area (Å²) in [5.41, 5.74) is 4.11. The van der Waals surface area contributed by atoms with Gasteiger partial charge in [-0.2, -0.15) is 0 Å². The van der Waals surface area contributed by atoms with Gasteiger partial charge in [-0.05, 0) is 47.0 Å². The molecule has 0 aliphatic rings. The molecule has 3 rings (SSSR count). The Morgan fingerprint density at radius 3 is 2.44 bits per heavy atom. The van der Waals surface area contributed by atoms with Gasteiger partial charge in [0, 0.05) is 24.0 Å². The van der Waals surface area contributed by atoms with Crippen molar-refractivity contribution in [2.45, 2.75) is 25.5 Å². The fourth-order valence-corrected chi connectivity index (χ4v) is 3.18. The molecule has 0 fully saturated rings. The number of carbonyl (C=O) groups is 1. The maximum absolute atomic E-state index is 13.1. The lowest BCUT2D eigenvalue weighted by Crippen LogP contribution is -2.05. The van der Waals surface area contributed by atoms with Crippen LogP contribution in [0.2, 0.25) is 0 Å². The summed E-state index contributed by atoms with van der Waals surface area (Å²) >= 11 is 0. The molecule has 3 N–H and O–H groups in total. The van der Waals surface area contributed by atoms with Crippen LogP contribution in [0.1, 0.15) is 34.6 Å². The fourth-order valence-electron chi connectivity index (χ4n) is 3.18. The summed E-state index contributed by atoms with van der Waals surface area (Å²) in [6, 6.07) is 19.0. The van der Waals surface area contributed by atoms with E-state index >= 15 is 0 Å². The molecule has 0 aromatic heterocycles. The summed E-state index contributed by atoms with van der Waals surface area (Å²) in [5.74, 6) is 1.44. The average Bonchev–Trinajstić information content (AvgIpc) is 2.81. The van der Waals surface area contributed by atoms with Gasteiger partial charge in [-0.15, -0.1) is 6.42 Å². The number of ether oxygens (including phenoxy) is 1. The van der Waals surface area contributed by atoms with Crippen LogP contribution in [-0.2, 0) is 17.9 Å². The van der Waals surface area contributed by atoms with E-state index in [1.54, 1.807) is 36.4 Å². The number of carboxylic acids is 1. The minimum Gasteiger partial charge on any atom is -0.489 e. The van der Waals surface area contributed by atoms with Gasteiger partial charge in [-0.1, -0.05) is 42.3 Å². The minimum absolute atomic E-state index is 0.121. The number of hydrogen-bond donors (Lipinski definition) is 3. The van der Waals surface area contributed by atoms with E-state index in [-0.39, 0.29) is 12.2 Å². The predicted octanol–water partition coefficient (Wildman–Crippen LogP) is 5.21. The van der Waals surface area contributed by atoms with Crippen LogP contribution < -0.4 is 10.1 Å². The van der Waals surface area contributed by atoms with Gasteiger partial charge in [0.05, 0.1) is 12.3 Å². The third-order valence-electron chi connectivity index (χ3n) is 4.94. The van der Waals surface area contributed by atoms with Crippen LogP contribution in [0.15, 0.2) is 66.7 Å². The quantitative estimate of drug-likeness (QED) is 0.305. The second kappa shape index (κ2) is 10.8. The summed E-state index contributed by atoms with van der Waals surface area (Å²) < 4.78 is 18.9. The molecule has 0 heterocycles. The minimum atomic E-state index is -0.939. The Balaban J connectivity index is 1.64. The standard InChI is InChI=1S/C26H23FN2O3/c1-2-20(14-26(30)31)21-7-11-24(12-8-21)32-17-19-3-6-22(15-28)25(13-19)29-16-18-4-9-23(27)10-5-18/h1,3-13,15,20,28-29H,14,16-17H2,(H,30,31)/t20-/m0/s1. The van der Waals surface area contributed by atoms with E-state index < -0.39 is 11.9 Å². The maximum atomic E-state index is 13.1. The Morgan fingerprint density at radius 1 is 1.12 bits per heavy atom. The summed E-state index contributed by atoms with van der Waals surface area (Å²) in [6.07, 6.45) is 6.60. The molecule has 3 aromatic rings. The molecule has 0 aliphatic carbocycles. The molecule has 5 nitrogen and oxygen atoms in total. The third kappa shape index (κ3) is 6.19. The fraction of sp³-hybridized carbons (Fsp3) is 0.154. The van der Waals surface area contributed by atoms with Crippen molar-refractivity contribution in [3.63, 3.8) is 0 Å². The summed E-state index contributed by atoms with van der Waals surface area (Å²) in [4.78, 5) is 10.9. The molecule has 162 valence electrons. The highest BCUT2D eigenvalue weighted by Gasteiger charge is 2.13. The van der Waals surface area contributed by atoms with Crippen LogP contribution in [0.4, 0.5) is 10.1 Å². The highest BCUT2D eigenvalue weighted by atomic mass is 19.1. The van der Waals surface area contributed by atoms with Crippen LogP contribution in [0.5, 0.6) is 5.75 Å². The van der Waals surface area contributed by atoms with Crippen molar-refractivity contribution in [2.75, 3.05) is 5.32 Å². The lowest BCUT2D eigenvalue weighted by atomic mass is 9.97. The second-order valence-corrected chi connectivity index (χ2v) is 7.22. The van der Waals surface area contributed by atoms with E-state index in [1.165, 1.54) is 18.3 Å². The van der Waals surface area contributed by atoms with Crippen LogP contribution >= 0.6 is 0 Å². The lowest BCUT2D eigenvalue weighted by molar-refractivity contribution is -0.137. The van der Waals surface area contributed by atoms with Crippen LogP contribution in [0.25, 0.3) is 0 Å². The number of hydrogen-bond acceptors (Lipinski definition) is 4. The molecule has 0 bridgehead atoms. The highest BCUT2D eigenvalue weighted by molar-refractivity contribution is 5.86. The molecule has 0 saturated carbocycles. The van der Waals surface area contributed by atoms with Gasteiger partial charge in [0.2, 0.25) is 0 Å². The maximum Gasteiger partial charge on any atom is 0.304 e. The number of terminal acetylenes is 1. The number of carboxylic acid groups (broad SMARTS) is 1. The monoisotopic (exact) mass is 430 g/mol. The zero-order valence-electron chi connectivity index (χ0n) is 17.3. The first-order valence-corrected chi connectivity index (χ1v) is 10.0. The first-order chi connectivity index (χ1) is 15.5. The predicted molar refractivity (Wildman–Crippen MR) is 123 cm³/mol. The number of halogens is 1. The molecular formula is C26H23FN2O3. The first kappa shape index (κ1) is 22.6. The van der Waals surface area contributed by atoms with Crippen LogP contribution in [0, 0.1) is 23.6 Å². The number of rotatable bonds is 10. The van der Waals surface area contributed by atoms with Gasteiger partial charge >= 0.3 is 5.97 Å². The van der Waals surface area contributed by atoms with Crippen molar-refractivity contribution in [2.24, 2.45) is 0 Å². The number of nitrogens with one attached hydrogen (secondary N) is 2. The Bertz CT molecular complexity index is 1120. The first-order valence-electron chi connectivity index (χ1n) is 10.0. The third-order valence-corrected chi connectivity index (χ3v) is 4.94. The van der Waals surface area contributed by atoms with Crippen LogP contribution in [-0.4, -0.2) is 17.3 Å². The Labute approximate surface area is 186 Å². The number of aliphatic carboxylic acids is 1. The van der Waals surface area contributed by atoms with E-state index in [4.69, 9.17) is 21.7 Å². The molecule has 0 unspecified atom stereocenters. The Kier molecular flexibility index (Phi) is 7.60. The molecule has 1 atom stereocenters. The zero-order valence-corrected chi connectivity index (χ0v) is 17.3. The van der Waals surface area contributed by atoms with E-state index in [1.807, 2.05) is 18.2 Å². The summed E-state index contributed by atoms with van der Waals surface area (Å²) in [5, 5.41) is 19.9. The lowest BCUT2D eigenvalue weighted by Gasteiger charge is -2.13. The smallest absolute Gasteiger partial charge is 0.304 e. The molecule has 0 amide bonds. The van der Waals surface area contributed by atoms with E-state index in [2.05, 4.69) is 11.2 Å². The molecule has 0 spiro atoms. The van der Waals surface area contributed by atoms with Crippen molar-refractivity contribution in [3.05, 3.63) is 94.8 Å². The van der Waals surface area contributed by atoms with E-state index in [9.17, 15) is 9.18 Å². The van der Waals surface area contributed by atoms with Gasteiger partial charge < -0.3 is 20.6 Å². The molecule has 0 radical (unpaired) electrons. The highest BCUT2D eigenvalue weighted by Crippen LogP contribution is 2.23. The number of benzene rings is 3. The van der Waals surface area contributed by atoms with Crippen molar-refractivity contribution >= 4 is 17.9 Å². The zero-order chi connectivity index (χ0) is 22.9. The molecule has 0 saturated heterocycles. The summed E-state index contributed by atoms with van der Waals surface area (Å²) in [7, 11) is 0. The molecule has 6 heteroatoms. The van der Waals surface area contributed by atoms with Crippen molar-refractivity contribution in [1.29, 1.82) is 5.41 Å². The van der Waals surface area contributed by atoms with Gasteiger partial charge in [-0.25, -0.2) is 4.39 Å². The molecular weight excluding hydrogens is 407 g/mol. The SMILES string of the molecule is C#C[C@@H](CC(=O)O)c1ccc(OCc2ccc(C=N)c(NCc3ccc(F)cc3)c2)cc1. The largest absolute Gasteiger partial charge is 0.489 e. The molecule has 0 aliphatic heterocycles. The second-order valence-electron chi connectivity index (χ2n) is 7.22. The van der Waals surface area contributed by atoms with E-state index in [0.717, 1.165) is 27.9 Å². The van der Waals surface area contributed by atoms with Crippen molar-refractivity contribution in [1.82, 2.24) is 0 Å². The molecule has 32 heavy (non-hydrogen) atoms. The van der Waals surface area contributed by atoms with Crippen molar-refractivity contribution in [3.8, 4) is 18.1 Å². The van der Waals surface area contributed by atoms with Crippen molar-refractivity contribution < 1.29 is 19.0 Å².